The second-order valence-electron chi connectivity index (χ2n) is 6.66. The Labute approximate surface area is 167 Å². The molecule has 0 bridgehead atoms. The highest BCUT2D eigenvalue weighted by atomic mass is 16.6. The second-order valence-corrected chi connectivity index (χ2v) is 6.66. The van der Waals surface area contributed by atoms with Gasteiger partial charge in [0.05, 0.1) is 23.1 Å². The summed E-state index contributed by atoms with van der Waals surface area (Å²) in [7, 11) is 1.46. The number of nitrogens with one attached hydrogen (secondary N) is 1. The molecule has 1 N–H and O–H groups in total. The number of ether oxygens (including phenoxy) is 2. The molecule has 0 radical (unpaired) electrons. The van der Waals surface area contributed by atoms with Gasteiger partial charge >= 0.3 is 5.69 Å². The number of methoxy groups -OCH3 is 1. The SMILES string of the molecule is COc1cc(-c2nc3ccccc3[nH]2)cc([N+](=O)[O-])c1OCc1cccc(C)c1. The number of para-hydroxylation sites is 2. The Morgan fingerprint density at radius 2 is 1.93 bits per heavy atom. The van der Waals surface area contributed by atoms with E-state index in [1.165, 1.54) is 13.2 Å². The van der Waals surface area contributed by atoms with Gasteiger partial charge in [-0.2, -0.15) is 0 Å². The molecule has 3 aromatic carbocycles. The first-order valence-corrected chi connectivity index (χ1v) is 9.05. The number of hydrogen-bond donors (Lipinski definition) is 1. The normalized spacial score (nSPS) is 10.8. The van der Waals surface area contributed by atoms with E-state index in [9.17, 15) is 10.1 Å². The summed E-state index contributed by atoms with van der Waals surface area (Å²) in [5.41, 5.74) is 4.02. The van der Waals surface area contributed by atoms with Gasteiger partial charge in [0, 0.05) is 11.6 Å². The molecule has 0 unspecified atom stereocenters. The molecule has 0 saturated heterocycles. The predicted octanol–water partition coefficient (Wildman–Crippen LogP) is 5.03. The zero-order chi connectivity index (χ0) is 20.4. The third-order valence-electron chi connectivity index (χ3n) is 4.58. The lowest BCUT2D eigenvalue weighted by atomic mass is 10.1. The Balaban J connectivity index is 1.74. The average molecular weight is 389 g/mol. The van der Waals surface area contributed by atoms with E-state index in [2.05, 4.69) is 9.97 Å². The van der Waals surface area contributed by atoms with Gasteiger partial charge in [0.25, 0.3) is 0 Å². The highest BCUT2D eigenvalue weighted by Gasteiger charge is 2.24. The molecule has 146 valence electrons. The van der Waals surface area contributed by atoms with Crippen molar-refractivity contribution in [1.82, 2.24) is 9.97 Å². The lowest BCUT2D eigenvalue weighted by Gasteiger charge is -2.12. The van der Waals surface area contributed by atoms with Crippen LogP contribution in [0.5, 0.6) is 11.5 Å². The van der Waals surface area contributed by atoms with Gasteiger partial charge in [0.1, 0.15) is 12.4 Å². The van der Waals surface area contributed by atoms with Crippen molar-refractivity contribution in [3.8, 4) is 22.9 Å². The van der Waals surface area contributed by atoms with Gasteiger partial charge < -0.3 is 14.5 Å². The minimum absolute atomic E-state index is 0.0962. The molecule has 0 saturated carbocycles. The molecule has 0 fully saturated rings. The van der Waals surface area contributed by atoms with Crippen molar-refractivity contribution in [3.63, 3.8) is 0 Å². The summed E-state index contributed by atoms with van der Waals surface area (Å²) < 4.78 is 11.2. The Bertz CT molecular complexity index is 1170. The molecule has 1 heterocycles. The lowest BCUT2D eigenvalue weighted by molar-refractivity contribution is -0.386. The number of nitro benzene ring substituents is 1. The molecular formula is C22H19N3O4. The second kappa shape index (κ2) is 7.63. The largest absolute Gasteiger partial charge is 0.493 e. The number of imidazole rings is 1. The van der Waals surface area contributed by atoms with Gasteiger partial charge in [0.15, 0.2) is 5.75 Å². The molecular weight excluding hydrogens is 370 g/mol. The number of nitro groups is 1. The van der Waals surface area contributed by atoms with E-state index in [-0.39, 0.29) is 23.8 Å². The van der Waals surface area contributed by atoms with Crippen LogP contribution in [0.4, 0.5) is 5.69 Å². The number of aromatic amines is 1. The summed E-state index contributed by atoms with van der Waals surface area (Å²) >= 11 is 0. The molecule has 1 aromatic heterocycles. The summed E-state index contributed by atoms with van der Waals surface area (Å²) in [5.74, 6) is 0.902. The minimum Gasteiger partial charge on any atom is -0.493 e. The topological polar surface area (TPSA) is 90.3 Å². The maximum absolute atomic E-state index is 11.8. The van der Waals surface area contributed by atoms with Gasteiger partial charge in [-0.3, -0.25) is 10.1 Å². The first-order chi connectivity index (χ1) is 14.0. The maximum atomic E-state index is 11.8. The molecule has 4 rings (SSSR count). The summed E-state index contributed by atoms with van der Waals surface area (Å²) in [5, 5.41) is 11.8. The van der Waals surface area contributed by atoms with E-state index >= 15 is 0 Å². The molecule has 4 aromatic rings. The molecule has 7 heteroatoms. The fourth-order valence-electron chi connectivity index (χ4n) is 3.20. The van der Waals surface area contributed by atoms with Crippen molar-refractivity contribution in [2.45, 2.75) is 13.5 Å². The Morgan fingerprint density at radius 1 is 1.10 bits per heavy atom. The van der Waals surface area contributed by atoms with Gasteiger partial charge in [-0.15, -0.1) is 0 Å². The number of aryl methyl sites for hydroxylation is 1. The van der Waals surface area contributed by atoms with Crippen molar-refractivity contribution in [2.24, 2.45) is 0 Å². The zero-order valence-corrected chi connectivity index (χ0v) is 16.0. The molecule has 0 atom stereocenters. The van der Waals surface area contributed by atoms with Gasteiger partial charge in [-0.25, -0.2) is 4.98 Å². The van der Waals surface area contributed by atoms with Gasteiger partial charge in [-0.1, -0.05) is 42.0 Å². The van der Waals surface area contributed by atoms with Gasteiger partial charge in [-0.05, 0) is 30.7 Å². The van der Waals surface area contributed by atoms with Crippen LogP contribution in [0.3, 0.4) is 0 Å². The number of hydrogen-bond acceptors (Lipinski definition) is 5. The summed E-state index contributed by atoms with van der Waals surface area (Å²) in [6, 6.07) is 18.5. The molecule has 0 aliphatic carbocycles. The smallest absolute Gasteiger partial charge is 0.315 e. The van der Waals surface area contributed by atoms with Crippen LogP contribution in [-0.4, -0.2) is 22.0 Å². The first kappa shape index (κ1) is 18.5. The van der Waals surface area contributed by atoms with Crippen molar-refractivity contribution < 1.29 is 14.4 Å². The fourth-order valence-corrected chi connectivity index (χ4v) is 3.20. The van der Waals surface area contributed by atoms with Crippen LogP contribution in [0.15, 0.2) is 60.7 Å². The molecule has 0 spiro atoms. The summed E-state index contributed by atoms with van der Waals surface area (Å²) in [4.78, 5) is 19.0. The third kappa shape index (κ3) is 3.75. The molecule has 0 aliphatic heterocycles. The van der Waals surface area contributed by atoms with Crippen molar-refractivity contribution in [2.75, 3.05) is 7.11 Å². The Kier molecular flexibility index (Phi) is 4.87. The van der Waals surface area contributed by atoms with Crippen LogP contribution in [0, 0.1) is 17.0 Å². The van der Waals surface area contributed by atoms with Crippen LogP contribution < -0.4 is 9.47 Å². The fraction of sp³-hybridized carbons (Fsp3) is 0.136. The Morgan fingerprint density at radius 3 is 2.66 bits per heavy atom. The van der Waals surface area contributed by atoms with Crippen LogP contribution in [0.2, 0.25) is 0 Å². The van der Waals surface area contributed by atoms with Crippen LogP contribution in [0.25, 0.3) is 22.4 Å². The van der Waals surface area contributed by atoms with Crippen molar-refractivity contribution >= 4 is 16.7 Å². The number of rotatable bonds is 6. The number of H-pyrrole nitrogens is 1. The van der Waals surface area contributed by atoms with E-state index in [1.807, 2.05) is 55.5 Å². The van der Waals surface area contributed by atoms with Crippen LogP contribution in [0.1, 0.15) is 11.1 Å². The highest BCUT2D eigenvalue weighted by Crippen LogP contribution is 2.41. The summed E-state index contributed by atoms with van der Waals surface area (Å²) in [6.07, 6.45) is 0. The predicted molar refractivity (Wildman–Crippen MR) is 110 cm³/mol. The third-order valence-corrected chi connectivity index (χ3v) is 4.58. The lowest BCUT2D eigenvalue weighted by Crippen LogP contribution is -2.02. The number of nitrogens with zero attached hydrogens (tertiary/aromatic N) is 2. The zero-order valence-electron chi connectivity index (χ0n) is 16.0. The number of benzene rings is 3. The average Bonchev–Trinajstić information content (AvgIpc) is 3.16. The molecule has 29 heavy (non-hydrogen) atoms. The van der Waals surface area contributed by atoms with E-state index in [0.29, 0.717) is 11.4 Å². The van der Waals surface area contributed by atoms with Crippen molar-refractivity contribution in [1.29, 1.82) is 0 Å². The van der Waals surface area contributed by atoms with Gasteiger partial charge in [0.2, 0.25) is 5.75 Å². The van der Waals surface area contributed by atoms with Crippen molar-refractivity contribution in [3.05, 3.63) is 81.9 Å². The number of fused-ring (bicyclic) bond motifs is 1. The molecule has 7 nitrogen and oxygen atoms in total. The molecule has 0 amide bonds. The minimum atomic E-state index is -0.472. The van der Waals surface area contributed by atoms with E-state index in [1.54, 1.807) is 6.07 Å². The molecule has 0 aliphatic rings. The van der Waals surface area contributed by atoms with E-state index in [0.717, 1.165) is 22.2 Å². The maximum Gasteiger partial charge on any atom is 0.315 e. The summed E-state index contributed by atoms with van der Waals surface area (Å²) in [6.45, 7) is 2.18. The highest BCUT2D eigenvalue weighted by molar-refractivity contribution is 5.80. The first-order valence-electron chi connectivity index (χ1n) is 9.05. The van der Waals surface area contributed by atoms with E-state index < -0.39 is 4.92 Å². The Hall–Kier alpha value is -3.87. The monoisotopic (exact) mass is 389 g/mol. The standard InChI is InChI=1S/C22H19N3O4/c1-14-6-5-7-15(10-14)13-29-21-19(25(26)27)11-16(12-20(21)28-2)22-23-17-8-3-4-9-18(17)24-22/h3-12H,13H2,1-2H3,(H,23,24). The quantitative estimate of drug-likeness (QED) is 0.369. The van der Waals surface area contributed by atoms with E-state index in [4.69, 9.17) is 9.47 Å². The van der Waals surface area contributed by atoms with Crippen LogP contribution in [-0.2, 0) is 6.61 Å². The van der Waals surface area contributed by atoms with Crippen LogP contribution >= 0.6 is 0 Å². The number of aromatic nitrogens is 2.